The molecule has 4 aromatic rings. The first kappa shape index (κ1) is 20.4. The molecule has 0 radical (unpaired) electrons. The van der Waals surface area contributed by atoms with Crippen molar-refractivity contribution in [1.29, 1.82) is 0 Å². The Morgan fingerprint density at radius 2 is 1.77 bits per heavy atom. The van der Waals surface area contributed by atoms with E-state index in [1.165, 1.54) is 19.2 Å². The molecular weight excluding hydrogens is 416 g/mol. The number of para-hydroxylation sites is 1. The van der Waals surface area contributed by atoms with Gasteiger partial charge in [0.25, 0.3) is 15.9 Å². The van der Waals surface area contributed by atoms with Crippen LogP contribution in [0.25, 0.3) is 5.65 Å². The molecule has 2 aromatic heterocycles. The van der Waals surface area contributed by atoms with E-state index in [0.29, 0.717) is 11.4 Å². The molecule has 1 amide bonds. The van der Waals surface area contributed by atoms with E-state index in [1.807, 2.05) is 35.0 Å². The number of pyridine rings is 1. The second-order valence-corrected chi connectivity index (χ2v) is 8.39. The smallest absolute Gasteiger partial charge is 0.261 e. The van der Waals surface area contributed by atoms with Crippen molar-refractivity contribution in [3.63, 3.8) is 0 Å². The maximum atomic E-state index is 12.8. The van der Waals surface area contributed by atoms with E-state index in [1.54, 1.807) is 36.4 Å². The van der Waals surface area contributed by atoms with Crippen molar-refractivity contribution < 1.29 is 17.9 Å². The van der Waals surface area contributed by atoms with Crippen molar-refractivity contribution in [2.24, 2.45) is 0 Å². The molecule has 0 atom stereocenters. The van der Waals surface area contributed by atoms with Gasteiger partial charge in [0.05, 0.1) is 35.5 Å². The second kappa shape index (κ2) is 8.49. The topological polar surface area (TPSA) is 102 Å². The molecule has 0 fully saturated rings. The number of hydrogen-bond donors (Lipinski definition) is 2. The van der Waals surface area contributed by atoms with Crippen LogP contribution in [0.3, 0.4) is 0 Å². The van der Waals surface area contributed by atoms with Crippen LogP contribution in [0, 0.1) is 0 Å². The SMILES string of the molecule is COc1ccc(S(=O)(=O)Nc2ccccc2C(=O)NCc2cn3ccccc3n2)cc1. The van der Waals surface area contributed by atoms with Crippen LogP contribution < -0.4 is 14.8 Å². The number of amides is 1. The van der Waals surface area contributed by atoms with E-state index in [-0.39, 0.29) is 22.7 Å². The van der Waals surface area contributed by atoms with Gasteiger partial charge in [0.15, 0.2) is 0 Å². The van der Waals surface area contributed by atoms with Crippen molar-refractivity contribution in [3.05, 3.63) is 90.4 Å². The number of anilines is 1. The molecule has 4 rings (SSSR count). The number of rotatable bonds is 7. The van der Waals surface area contributed by atoms with Crippen molar-refractivity contribution in [2.45, 2.75) is 11.4 Å². The van der Waals surface area contributed by atoms with Gasteiger partial charge in [-0.1, -0.05) is 18.2 Å². The minimum atomic E-state index is -3.88. The van der Waals surface area contributed by atoms with E-state index < -0.39 is 15.9 Å². The fourth-order valence-corrected chi connectivity index (χ4v) is 4.15. The van der Waals surface area contributed by atoms with Crippen molar-refractivity contribution >= 4 is 27.3 Å². The average molecular weight is 436 g/mol. The minimum Gasteiger partial charge on any atom is -0.497 e. The van der Waals surface area contributed by atoms with Gasteiger partial charge in [-0.2, -0.15) is 0 Å². The number of imidazole rings is 1. The molecule has 158 valence electrons. The Morgan fingerprint density at radius 1 is 1.03 bits per heavy atom. The zero-order chi connectivity index (χ0) is 21.8. The van der Waals surface area contributed by atoms with Crippen LogP contribution in [0.4, 0.5) is 5.69 Å². The van der Waals surface area contributed by atoms with Crippen LogP contribution in [-0.4, -0.2) is 30.8 Å². The highest BCUT2D eigenvalue weighted by Crippen LogP contribution is 2.22. The fourth-order valence-electron chi connectivity index (χ4n) is 3.07. The van der Waals surface area contributed by atoms with Crippen molar-refractivity contribution in [1.82, 2.24) is 14.7 Å². The summed E-state index contributed by atoms with van der Waals surface area (Å²) in [4.78, 5) is 17.3. The van der Waals surface area contributed by atoms with E-state index >= 15 is 0 Å². The van der Waals surface area contributed by atoms with Gasteiger partial charge >= 0.3 is 0 Å². The Hall–Kier alpha value is -3.85. The monoisotopic (exact) mass is 436 g/mol. The first-order valence-electron chi connectivity index (χ1n) is 9.43. The summed E-state index contributed by atoms with van der Waals surface area (Å²) in [6.45, 7) is 0.208. The summed E-state index contributed by atoms with van der Waals surface area (Å²) in [6, 6.07) is 18.1. The molecule has 31 heavy (non-hydrogen) atoms. The van der Waals surface area contributed by atoms with Crippen molar-refractivity contribution in [2.75, 3.05) is 11.8 Å². The van der Waals surface area contributed by atoms with E-state index in [0.717, 1.165) is 5.65 Å². The molecule has 0 aliphatic carbocycles. The van der Waals surface area contributed by atoms with Gasteiger partial charge in [0.2, 0.25) is 0 Å². The minimum absolute atomic E-state index is 0.0632. The summed E-state index contributed by atoms with van der Waals surface area (Å²) < 4.78 is 34.9. The molecule has 0 bridgehead atoms. The normalized spacial score (nSPS) is 11.3. The summed E-state index contributed by atoms with van der Waals surface area (Å²) in [5.74, 6) is 0.135. The highest BCUT2D eigenvalue weighted by atomic mass is 32.2. The third kappa shape index (κ3) is 4.51. The van der Waals surface area contributed by atoms with Crippen LogP contribution in [0.1, 0.15) is 16.1 Å². The van der Waals surface area contributed by atoms with Crippen LogP contribution in [-0.2, 0) is 16.6 Å². The van der Waals surface area contributed by atoms with Gasteiger partial charge in [-0.15, -0.1) is 0 Å². The second-order valence-electron chi connectivity index (χ2n) is 6.71. The Labute approximate surface area is 179 Å². The molecule has 0 aliphatic rings. The number of aromatic nitrogens is 2. The van der Waals surface area contributed by atoms with Crippen LogP contribution in [0.2, 0.25) is 0 Å². The third-order valence-corrected chi connectivity index (χ3v) is 6.01. The first-order valence-corrected chi connectivity index (χ1v) is 10.9. The number of carbonyl (C=O) groups excluding carboxylic acids is 1. The third-order valence-electron chi connectivity index (χ3n) is 4.63. The van der Waals surface area contributed by atoms with Crippen LogP contribution in [0.5, 0.6) is 5.75 Å². The molecular formula is C22H20N4O4S. The molecule has 0 aliphatic heterocycles. The van der Waals surface area contributed by atoms with Crippen molar-refractivity contribution in [3.8, 4) is 5.75 Å². The summed E-state index contributed by atoms with van der Waals surface area (Å²) in [5.41, 5.74) is 1.87. The van der Waals surface area contributed by atoms with Gasteiger partial charge in [0.1, 0.15) is 11.4 Å². The van der Waals surface area contributed by atoms with Gasteiger partial charge in [-0.05, 0) is 48.5 Å². The van der Waals surface area contributed by atoms with E-state index in [4.69, 9.17) is 4.74 Å². The zero-order valence-corrected chi connectivity index (χ0v) is 17.5. The number of benzene rings is 2. The maximum absolute atomic E-state index is 12.8. The number of methoxy groups -OCH3 is 1. The molecule has 8 nitrogen and oxygen atoms in total. The summed E-state index contributed by atoms with van der Waals surface area (Å²) in [5, 5.41) is 2.79. The summed E-state index contributed by atoms with van der Waals surface area (Å²) >= 11 is 0. The standard InChI is InChI=1S/C22H20N4O4S/c1-30-17-9-11-18(12-10-17)31(28,29)25-20-7-3-2-6-19(20)22(27)23-14-16-15-26-13-5-4-8-21(26)24-16/h2-13,15,25H,14H2,1H3,(H,23,27). The Balaban J connectivity index is 1.51. The molecule has 0 saturated heterocycles. The number of nitrogens with zero attached hydrogens (tertiary/aromatic N) is 2. The number of hydrogen-bond acceptors (Lipinski definition) is 5. The molecule has 0 saturated carbocycles. The molecule has 2 heterocycles. The number of carbonyl (C=O) groups is 1. The number of fused-ring (bicyclic) bond motifs is 1. The lowest BCUT2D eigenvalue weighted by atomic mass is 10.1. The number of sulfonamides is 1. The lowest BCUT2D eigenvalue weighted by Gasteiger charge is -2.13. The Kier molecular flexibility index (Phi) is 5.59. The van der Waals surface area contributed by atoms with E-state index in [2.05, 4.69) is 15.0 Å². The highest BCUT2D eigenvalue weighted by Gasteiger charge is 2.19. The summed E-state index contributed by atoms with van der Waals surface area (Å²) in [7, 11) is -2.38. The molecule has 9 heteroatoms. The van der Waals surface area contributed by atoms with Gasteiger partial charge in [-0.25, -0.2) is 13.4 Å². The lowest BCUT2D eigenvalue weighted by molar-refractivity contribution is 0.0951. The number of ether oxygens (including phenoxy) is 1. The quantitative estimate of drug-likeness (QED) is 0.464. The molecule has 0 unspecified atom stereocenters. The Morgan fingerprint density at radius 3 is 2.52 bits per heavy atom. The van der Waals surface area contributed by atoms with Gasteiger partial charge in [-0.3, -0.25) is 9.52 Å². The van der Waals surface area contributed by atoms with Crippen LogP contribution in [0.15, 0.2) is 84.0 Å². The first-order chi connectivity index (χ1) is 15.0. The van der Waals surface area contributed by atoms with Gasteiger partial charge in [0, 0.05) is 12.4 Å². The van der Waals surface area contributed by atoms with E-state index in [9.17, 15) is 13.2 Å². The molecule has 2 N–H and O–H groups in total. The Bertz CT molecular complexity index is 1300. The fraction of sp³-hybridized carbons (Fsp3) is 0.0909. The lowest BCUT2D eigenvalue weighted by Crippen LogP contribution is -2.25. The zero-order valence-electron chi connectivity index (χ0n) is 16.6. The summed E-state index contributed by atoms with van der Waals surface area (Å²) in [6.07, 6.45) is 3.70. The number of nitrogens with one attached hydrogen (secondary N) is 2. The predicted molar refractivity (Wildman–Crippen MR) is 117 cm³/mol. The maximum Gasteiger partial charge on any atom is 0.261 e. The molecule has 2 aromatic carbocycles. The van der Waals surface area contributed by atoms with Crippen LogP contribution >= 0.6 is 0 Å². The average Bonchev–Trinajstić information content (AvgIpc) is 3.21. The predicted octanol–water partition coefficient (Wildman–Crippen LogP) is 3.07. The molecule has 0 spiro atoms. The largest absolute Gasteiger partial charge is 0.497 e. The van der Waals surface area contributed by atoms with Gasteiger partial charge < -0.3 is 14.5 Å². The highest BCUT2D eigenvalue weighted by molar-refractivity contribution is 7.92.